The molecule has 0 atom stereocenters. The van der Waals surface area contributed by atoms with Crippen LogP contribution < -0.4 is 4.74 Å². The minimum atomic E-state index is -0.115. The molecule has 0 unspecified atom stereocenters. The van der Waals surface area contributed by atoms with Crippen molar-refractivity contribution in [3.63, 3.8) is 0 Å². The predicted octanol–water partition coefficient (Wildman–Crippen LogP) is 2.78. The quantitative estimate of drug-likeness (QED) is 0.756. The monoisotopic (exact) mass is 457 g/mol. The summed E-state index contributed by atoms with van der Waals surface area (Å²) in [5, 5.41) is 10.2. The fourth-order valence-electron chi connectivity index (χ4n) is 5.45. The Morgan fingerprint density at radius 3 is 2.39 bits per heavy atom. The predicted molar refractivity (Wildman–Crippen MR) is 127 cm³/mol. The van der Waals surface area contributed by atoms with Crippen LogP contribution in [0, 0.1) is 5.41 Å². The summed E-state index contributed by atoms with van der Waals surface area (Å²) in [6.07, 6.45) is 8.06. The molecule has 2 amide bonds. The summed E-state index contributed by atoms with van der Waals surface area (Å²) < 4.78 is 6.06. The van der Waals surface area contributed by atoms with Crippen LogP contribution >= 0.6 is 0 Å². The van der Waals surface area contributed by atoms with Gasteiger partial charge in [0.1, 0.15) is 12.4 Å². The first-order valence-electron chi connectivity index (χ1n) is 12.7. The number of ether oxygens (including phenoxy) is 1. The van der Waals surface area contributed by atoms with Crippen molar-refractivity contribution in [2.45, 2.75) is 51.4 Å². The largest absolute Gasteiger partial charge is 0.491 e. The number of aliphatic hydroxyl groups excluding tert-OH is 1. The van der Waals surface area contributed by atoms with Crippen molar-refractivity contribution in [2.75, 3.05) is 59.0 Å². The maximum Gasteiger partial charge on any atom is 0.257 e. The van der Waals surface area contributed by atoms with Crippen molar-refractivity contribution in [1.82, 2.24) is 14.7 Å². The van der Waals surface area contributed by atoms with E-state index >= 15 is 0 Å². The third kappa shape index (κ3) is 6.07. The average Bonchev–Trinajstić information content (AvgIpc) is 2.86. The van der Waals surface area contributed by atoms with Crippen molar-refractivity contribution < 1.29 is 19.4 Å². The van der Waals surface area contributed by atoms with Gasteiger partial charge in [0.25, 0.3) is 5.91 Å². The van der Waals surface area contributed by atoms with Gasteiger partial charge in [0, 0.05) is 26.2 Å². The van der Waals surface area contributed by atoms with Gasteiger partial charge in [-0.25, -0.2) is 0 Å². The van der Waals surface area contributed by atoms with Crippen molar-refractivity contribution in [3.05, 3.63) is 29.8 Å². The Kier molecular flexibility index (Phi) is 8.25. The topological polar surface area (TPSA) is 73.3 Å². The molecular weight excluding hydrogens is 418 g/mol. The van der Waals surface area contributed by atoms with Crippen LogP contribution in [0.3, 0.4) is 0 Å². The summed E-state index contributed by atoms with van der Waals surface area (Å²) in [7, 11) is 0. The number of amides is 2. The fraction of sp³-hybridized carbons (Fsp3) is 0.692. The van der Waals surface area contributed by atoms with E-state index in [4.69, 9.17) is 4.74 Å². The molecular formula is C26H39N3O4. The highest BCUT2D eigenvalue weighted by Crippen LogP contribution is 2.37. The zero-order chi connectivity index (χ0) is 23.1. The van der Waals surface area contributed by atoms with Crippen LogP contribution in [0.15, 0.2) is 24.3 Å². The van der Waals surface area contributed by atoms with Crippen LogP contribution in [0.25, 0.3) is 0 Å². The number of rotatable bonds is 3. The fourth-order valence-corrected chi connectivity index (χ4v) is 5.45. The Bertz CT molecular complexity index is 800. The Hall–Kier alpha value is -2.12. The molecule has 7 heteroatoms. The highest BCUT2D eigenvalue weighted by Gasteiger charge is 2.36. The van der Waals surface area contributed by atoms with Crippen LogP contribution in [-0.4, -0.2) is 90.6 Å². The standard InChI is InChI=1S/C26H39N3O4/c30-21-26-10-4-7-15-28(24(31)20-27-13-5-1-6-14-27)18-19-33-23-9-3-2-8-22(23)25(32)29(16-11-26)17-12-26/h2-3,8-9,30H,1,4-7,10-21H2. The zero-order valence-electron chi connectivity index (χ0n) is 19.8. The van der Waals surface area contributed by atoms with Crippen molar-refractivity contribution >= 4 is 11.8 Å². The number of carbonyl (C=O) groups is 2. The molecule has 1 aromatic rings. The Morgan fingerprint density at radius 2 is 1.64 bits per heavy atom. The molecule has 0 aromatic heterocycles. The molecule has 0 spiro atoms. The lowest BCUT2D eigenvalue weighted by molar-refractivity contribution is -0.133. The molecule has 2 saturated heterocycles. The molecule has 1 aromatic carbocycles. The van der Waals surface area contributed by atoms with E-state index in [1.54, 1.807) is 0 Å². The molecule has 5 rings (SSSR count). The van der Waals surface area contributed by atoms with Gasteiger partial charge in [-0.05, 0) is 69.2 Å². The van der Waals surface area contributed by atoms with E-state index in [1.165, 1.54) is 19.3 Å². The second-order valence-electron chi connectivity index (χ2n) is 9.97. The minimum absolute atomic E-state index is 0.00922. The first-order valence-corrected chi connectivity index (χ1v) is 12.7. The summed E-state index contributed by atoms with van der Waals surface area (Å²) in [5.41, 5.74) is 0.463. The third-order valence-corrected chi connectivity index (χ3v) is 7.73. The average molecular weight is 458 g/mol. The molecule has 33 heavy (non-hydrogen) atoms. The Balaban J connectivity index is 1.49. The van der Waals surface area contributed by atoms with Gasteiger partial charge < -0.3 is 19.6 Å². The smallest absolute Gasteiger partial charge is 0.257 e. The van der Waals surface area contributed by atoms with Crippen LogP contribution in [0.2, 0.25) is 0 Å². The van der Waals surface area contributed by atoms with E-state index in [9.17, 15) is 14.7 Å². The lowest BCUT2D eigenvalue weighted by Crippen LogP contribution is -2.45. The Labute approximate surface area is 197 Å². The van der Waals surface area contributed by atoms with Crippen LogP contribution in [-0.2, 0) is 4.79 Å². The number of carbonyl (C=O) groups excluding carboxylic acids is 2. The molecule has 0 aliphatic carbocycles. The summed E-state index contributed by atoms with van der Waals surface area (Å²) in [6.45, 7) is 5.56. The van der Waals surface area contributed by atoms with Crippen LogP contribution in [0.1, 0.15) is 61.7 Å². The number of benzene rings is 1. The minimum Gasteiger partial charge on any atom is -0.491 e. The van der Waals surface area contributed by atoms with E-state index < -0.39 is 0 Å². The van der Waals surface area contributed by atoms with Crippen molar-refractivity contribution in [1.29, 1.82) is 0 Å². The molecule has 0 saturated carbocycles. The number of hydrogen-bond acceptors (Lipinski definition) is 5. The molecule has 4 aliphatic heterocycles. The zero-order valence-corrected chi connectivity index (χ0v) is 19.8. The SMILES string of the molecule is O=C(CN1CCCCC1)N1CCCCC2(CO)CCN(CC2)C(=O)c2ccccc2OCC1. The summed E-state index contributed by atoms with van der Waals surface area (Å²) in [6, 6.07) is 7.41. The van der Waals surface area contributed by atoms with Gasteiger partial charge in [-0.1, -0.05) is 25.0 Å². The first-order chi connectivity index (χ1) is 16.1. The van der Waals surface area contributed by atoms with Gasteiger partial charge in [0.15, 0.2) is 0 Å². The van der Waals surface area contributed by atoms with E-state index in [0.29, 0.717) is 50.6 Å². The lowest BCUT2D eigenvalue weighted by Gasteiger charge is -2.41. The van der Waals surface area contributed by atoms with E-state index in [-0.39, 0.29) is 23.8 Å². The molecule has 4 aliphatic rings. The summed E-state index contributed by atoms with van der Waals surface area (Å²) >= 11 is 0. The molecule has 0 radical (unpaired) electrons. The van der Waals surface area contributed by atoms with E-state index in [2.05, 4.69) is 4.90 Å². The number of fused-ring (bicyclic) bond motifs is 9. The Morgan fingerprint density at radius 1 is 0.909 bits per heavy atom. The lowest BCUT2D eigenvalue weighted by atomic mass is 9.75. The van der Waals surface area contributed by atoms with Gasteiger partial charge in [-0.15, -0.1) is 0 Å². The second kappa shape index (κ2) is 11.3. The normalized spacial score (nSPS) is 22.8. The van der Waals surface area contributed by atoms with Crippen LogP contribution in [0.4, 0.5) is 0 Å². The molecule has 2 bridgehead atoms. The number of aliphatic hydroxyl groups is 1. The molecule has 7 nitrogen and oxygen atoms in total. The molecule has 4 heterocycles. The maximum absolute atomic E-state index is 13.2. The van der Waals surface area contributed by atoms with Gasteiger partial charge in [0.05, 0.1) is 18.7 Å². The second-order valence-corrected chi connectivity index (χ2v) is 9.97. The third-order valence-electron chi connectivity index (χ3n) is 7.73. The molecule has 182 valence electrons. The molecule has 1 N–H and O–H groups in total. The summed E-state index contributed by atoms with van der Waals surface area (Å²) in [5.74, 6) is 0.739. The number of piperidine rings is 2. The van der Waals surface area contributed by atoms with Gasteiger partial charge in [-0.3, -0.25) is 14.5 Å². The number of nitrogens with zero attached hydrogens (tertiary/aromatic N) is 3. The highest BCUT2D eigenvalue weighted by molar-refractivity contribution is 5.97. The van der Waals surface area contributed by atoms with Crippen molar-refractivity contribution in [3.8, 4) is 5.75 Å². The number of para-hydroxylation sites is 1. The molecule has 2 fully saturated rings. The maximum atomic E-state index is 13.2. The van der Waals surface area contributed by atoms with Gasteiger partial charge >= 0.3 is 0 Å². The first kappa shape index (κ1) is 24.0. The number of hydrogen-bond donors (Lipinski definition) is 1. The van der Waals surface area contributed by atoms with Crippen molar-refractivity contribution in [2.24, 2.45) is 5.41 Å². The highest BCUT2D eigenvalue weighted by atomic mass is 16.5. The summed E-state index contributed by atoms with van der Waals surface area (Å²) in [4.78, 5) is 32.5. The van der Waals surface area contributed by atoms with Crippen LogP contribution in [0.5, 0.6) is 5.75 Å². The van der Waals surface area contributed by atoms with Gasteiger partial charge in [0.2, 0.25) is 5.91 Å². The van der Waals surface area contributed by atoms with E-state index in [1.807, 2.05) is 34.1 Å². The van der Waals surface area contributed by atoms with E-state index in [0.717, 1.165) is 45.2 Å². The number of likely N-dealkylation sites (tertiary alicyclic amines) is 1. The van der Waals surface area contributed by atoms with Gasteiger partial charge in [-0.2, -0.15) is 0 Å².